The minimum absolute atomic E-state index is 0.0465. The van der Waals surface area contributed by atoms with E-state index in [0.717, 1.165) is 19.3 Å². The van der Waals surface area contributed by atoms with Gasteiger partial charge in [0.05, 0.1) is 6.04 Å². The fraction of sp³-hybridized carbons (Fsp3) is 0.333. The summed E-state index contributed by atoms with van der Waals surface area (Å²) in [5, 5.41) is 8.40. The molecule has 1 aliphatic heterocycles. The summed E-state index contributed by atoms with van der Waals surface area (Å²) in [5.74, 6) is 0.126. The smallest absolute Gasteiger partial charge is 0.220 e. The molecule has 2 atom stereocenters. The predicted octanol–water partition coefficient (Wildman–Crippen LogP) is 5.65. The summed E-state index contributed by atoms with van der Waals surface area (Å²) in [6.45, 7) is 2.09. The molecular formula is C27H30N2O2S. The number of nitrogens with one attached hydrogen (secondary N) is 2. The molecule has 1 saturated heterocycles. The maximum atomic E-state index is 12.7. The van der Waals surface area contributed by atoms with E-state index in [1.807, 2.05) is 29.6 Å². The molecule has 0 saturated carbocycles. The van der Waals surface area contributed by atoms with Crippen LogP contribution in [0.15, 0.2) is 72.1 Å². The van der Waals surface area contributed by atoms with Crippen molar-refractivity contribution in [1.82, 2.24) is 10.6 Å². The second-order valence-electron chi connectivity index (χ2n) is 8.61. The lowest BCUT2D eigenvalue weighted by molar-refractivity contribution is -0.123. The highest BCUT2D eigenvalue weighted by Crippen LogP contribution is 2.31. The second-order valence-corrected chi connectivity index (χ2v) is 9.59. The molecule has 2 amide bonds. The van der Waals surface area contributed by atoms with Gasteiger partial charge in [-0.15, -0.1) is 11.3 Å². The molecule has 0 bridgehead atoms. The molecule has 0 radical (unpaired) electrons. The first-order valence-corrected chi connectivity index (χ1v) is 12.2. The SMILES string of the molecule is CC[C@@H](NC(=O)CC[C@@]1(Cc2ccc(-c3ccccc3)cc2)CCC(=O)N1)c1cccs1. The fourth-order valence-electron chi connectivity index (χ4n) is 4.50. The van der Waals surface area contributed by atoms with Gasteiger partial charge in [-0.05, 0) is 53.8 Å². The van der Waals surface area contributed by atoms with Crippen LogP contribution >= 0.6 is 11.3 Å². The molecule has 4 rings (SSSR count). The molecule has 32 heavy (non-hydrogen) atoms. The van der Waals surface area contributed by atoms with Gasteiger partial charge in [-0.3, -0.25) is 9.59 Å². The lowest BCUT2D eigenvalue weighted by atomic mass is 9.84. The summed E-state index contributed by atoms with van der Waals surface area (Å²) < 4.78 is 0. The van der Waals surface area contributed by atoms with Gasteiger partial charge in [0.25, 0.3) is 0 Å². The maximum Gasteiger partial charge on any atom is 0.220 e. The standard InChI is InChI=1S/C27H30N2O2S/c1-2-23(24-9-6-18-32-24)28-25(30)14-16-27(17-15-26(31)29-27)19-20-10-12-22(13-11-20)21-7-4-3-5-8-21/h3-13,18,23H,2,14-17,19H2,1H3,(H,28,30)(H,29,31)/t23-,27+/m1/s1. The van der Waals surface area contributed by atoms with Gasteiger partial charge in [0.2, 0.25) is 11.8 Å². The van der Waals surface area contributed by atoms with E-state index >= 15 is 0 Å². The minimum Gasteiger partial charge on any atom is -0.350 e. The number of thiophene rings is 1. The van der Waals surface area contributed by atoms with Crippen LogP contribution in [0.5, 0.6) is 0 Å². The molecule has 166 valence electrons. The van der Waals surface area contributed by atoms with Crippen LogP contribution in [0.3, 0.4) is 0 Å². The van der Waals surface area contributed by atoms with Gasteiger partial charge in [0.1, 0.15) is 0 Å². The zero-order valence-corrected chi connectivity index (χ0v) is 19.3. The van der Waals surface area contributed by atoms with Crippen molar-refractivity contribution in [2.75, 3.05) is 0 Å². The first-order chi connectivity index (χ1) is 15.6. The summed E-state index contributed by atoms with van der Waals surface area (Å²) in [6.07, 6.45) is 3.94. The van der Waals surface area contributed by atoms with Crippen LogP contribution in [0.4, 0.5) is 0 Å². The molecule has 3 aromatic rings. The van der Waals surface area contributed by atoms with Crippen LogP contribution < -0.4 is 10.6 Å². The lowest BCUT2D eigenvalue weighted by Gasteiger charge is -2.30. The first kappa shape index (κ1) is 22.3. The highest BCUT2D eigenvalue weighted by molar-refractivity contribution is 7.10. The monoisotopic (exact) mass is 446 g/mol. The third kappa shape index (κ3) is 5.46. The number of hydrogen-bond donors (Lipinski definition) is 2. The molecule has 2 N–H and O–H groups in total. The maximum absolute atomic E-state index is 12.7. The molecule has 0 unspecified atom stereocenters. The average molecular weight is 447 g/mol. The van der Waals surface area contributed by atoms with E-state index in [1.165, 1.54) is 21.6 Å². The van der Waals surface area contributed by atoms with Crippen LogP contribution in [-0.4, -0.2) is 17.4 Å². The zero-order valence-electron chi connectivity index (χ0n) is 18.5. The molecule has 2 aromatic carbocycles. The molecule has 0 aliphatic carbocycles. The highest BCUT2D eigenvalue weighted by Gasteiger charge is 2.38. The fourth-order valence-corrected chi connectivity index (χ4v) is 5.36. The molecule has 1 fully saturated rings. The Kier molecular flexibility index (Phi) is 7.05. The second kappa shape index (κ2) is 10.1. The van der Waals surface area contributed by atoms with Gasteiger partial charge in [-0.25, -0.2) is 0 Å². The topological polar surface area (TPSA) is 58.2 Å². The van der Waals surface area contributed by atoms with Crippen LogP contribution in [-0.2, 0) is 16.0 Å². The van der Waals surface area contributed by atoms with Crippen molar-refractivity contribution >= 4 is 23.2 Å². The molecule has 4 nitrogen and oxygen atoms in total. The Morgan fingerprint density at radius 1 is 1.06 bits per heavy atom. The van der Waals surface area contributed by atoms with E-state index < -0.39 is 0 Å². The van der Waals surface area contributed by atoms with Gasteiger partial charge in [0.15, 0.2) is 0 Å². The molecular weight excluding hydrogens is 416 g/mol. The third-order valence-electron chi connectivity index (χ3n) is 6.30. The first-order valence-electron chi connectivity index (χ1n) is 11.3. The van der Waals surface area contributed by atoms with Crippen molar-refractivity contribution in [3.63, 3.8) is 0 Å². The molecule has 1 aliphatic rings. The summed E-state index contributed by atoms with van der Waals surface area (Å²) in [7, 11) is 0. The zero-order chi connectivity index (χ0) is 22.4. The summed E-state index contributed by atoms with van der Waals surface area (Å²) in [6, 6.07) is 23.0. The largest absolute Gasteiger partial charge is 0.350 e. The van der Waals surface area contributed by atoms with E-state index in [-0.39, 0.29) is 23.4 Å². The van der Waals surface area contributed by atoms with E-state index in [0.29, 0.717) is 19.3 Å². The minimum atomic E-state index is -0.354. The van der Waals surface area contributed by atoms with Crippen molar-refractivity contribution in [1.29, 1.82) is 0 Å². The van der Waals surface area contributed by atoms with Crippen LogP contribution in [0.2, 0.25) is 0 Å². The molecule has 0 spiro atoms. The van der Waals surface area contributed by atoms with Gasteiger partial charge in [-0.1, -0.05) is 67.6 Å². The molecule has 2 heterocycles. The Morgan fingerprint density at radius 2 is 1.81 bits per heavy atom. The van der Waals surface area contributed by atoms with Gasteiger partial charge >= 0.3 is 0 Å². The van der Waals surface area contributed by atoms with Crippen molar-refractivity contribution in [3.8, 4) is 11.1 Å². The number of carbonyl (C=O) groups excluding carboxylic acids is 2. The summed E-state index contributed by atoms with van der Waals surface area (Å²) in [5.41, 5.74) is 3.19. The van der Waals surface area contributed by atoms with Crippen molar-refractivity contribution in [3.05, 3.63) is 82.6 Å². The van der Waals surface area contributed by atoms with Gasteiger partial charge < -0.3 is 10.6 Å². The van der Waals surface area contributed by atoms with E-state index in [9.17, 15) is 9.59 Å². The number of rotatable bonds is 9. The van der Waals surface area contributed by atoms with Crippen LogP contribution in [0.1, 0.15) is 55.5 Å². The van der Waals surface area contributed by atoms with E-state index in [4.69, 9.17) is 0 Å². The van der Waals surface area contributed by atoms with Crippen LogP contribution in [0, 0.1) is 0 Å². The van der Waals surface area contributed by atoms with Crippen molar-refractivity contribution < 1.29 is 9.59 Å². The van der Waals surface area contributed by atoms with Gasteiger partial charge in [0, 0.05) is 23.3 Å². The number of benzene rings is 2. The number of carbonyl (C=O) groups is 2. The van der Waals surface area contributed by atoms with E-state index in [1.54, 1.807) is 11.3 Å². The molecule has 5 heteroatoms. The summed E-state index contributed by atoms with van der Waals surface area (Å²) >= 11 is 1.67. The normalized spacial score (nSPS) is 18.8. The Hall–Kier alpha value is -2.92. The number of amides is 2. The molecule has 1 aromatic heterocycles. The van der Waals surface area contributed by atoms with Crippen molar-refractivity contribution in [2.45, 2.75) is 57.0 Å². The van der Waals surface area contributed by atoms with Crippen molar-refractivity contribution in [2.24, 2.45) is 0 Å². The Morgan fingerprint density at radius 3 is 2.44 bits per heavy atom. The van der Waals surface area contributed by atoms with Gasteiger partial charge in [-0.2, -0.15) is 0 Å². The van der Waals surface area contributed by atoms with E-state index in [2.05, 4.69) is 60.0 Å². The quantitative estimate of drug-likeness (QED) is 0.446. The summed E-state index contributed by atoms with van der Waals surface area (Å²) in [4.78, 5) is 26.0. The Balaban J connectivity index is 1.40. The van der Waals surface area contributed by atoms with Crippen LogP contribution in [0.25, 0.3) is 11.1 Å². The predicted molar refractivity (Wildman–Crippen MR) is 130 cm³/mol. The lowest BCUT2D eigenvalue weighted by Crippen LogP contribution is -2.44. The third-order valence-corrected chi connectivity index (χ3v) is 7.29. The Labute approximate surface area is 194 Å². The highest BCUT2D eigenvalue weighted by atomic mass is 32.1. The number of hydrogen-bond acceptors (Lipinski definition) is 3. The average Bonchev–Trinajstić information content (AvgIpc) is 3.48. The Bertz CT molecular complexity index is 1030.